The predicted octanol–water partition coefficient (Wildman–Crippen LogP) is 5.60. The number of hydrogen-bond donors (Lipinski definition) is 1. The van der Waals surface area contributed by atoms with Crippen LogP contribution in [-0.4, -0.2) is 64.0 Å². The fourth-order valence-corrected chi connectivity index (χ4v) is 7.25. The molecule has 1 heterocycles. The Morgan fingerprint density at radius 1 is 0.622 bits per heavy atom. The van der Waals surface area contributed by atoms with Crippen LogP contribution in [0, 0.1) is 0 Å². The molecule has 4 aromatic carbocycles. The highest BCUT2D eigenvalue weighted by atomic mass is 28.4. The molecule has 4 aromatic rings. The Bertz CT molecular complexity index is 1390. The summed E-state index contributed by atoms with van der Waals surface area (Å²) in [5.41, 5.74) is 3.02. The molecule has 5 rings (SSSR count). The SMILES string of the molecule is CO[C@H]1O[C@H]([C@@H](O)CO[Si](C)(C)c2ccccc2)[C@H](OCc2ccccc2)[C@H](OCc2ccccc2)[C@H]1OCc1ccccc1. The van der Waals surface area contributed by atoms with E-state index in [1.54, 1.807) is 7.11 Å². The maximum Gasteiger partial charge on any atom is 0.218 e. The van der Waals surface area contributed by atoms with Crippen molar-refractivity contribution in [2.45, 2.75) is 69.7 Å². The van der Waals surface area contributed by atoms with Crippen molar-refractivity contribution in [1.82, 2.24) is 0 Å². The van der Waals surface area contributed by atoms with Crippen molar-refractivity contribution in [1.29, 1.82) is 0 Å². The van der Waals surface area contributed by atoms with Crippen LogP contribution in [0.3, 0.4) is 0 Å². The molecule has 1 aliphatic heterocycles. The summed E-state index contributed by atoms with van der Waals surface area (Å²) in [6.45, 7) is 5.28. The van der Waals surface area contributed by atoms with Crippen LogP contribution in [-0.2, 0) is 47.9 Å². The van der Waals surface area contributed by atoms with Crippen molar-refractivity contribution in [3.63, 3.8) is 0 Å². The normalized spacial score (nSPS) is 22.6. The maximum absolute atomic E-state index is 11.7. The van der Waals surface area contributed by atoms with Crippen molar-refractivity contribution in [3.8, 4) is 0 Å². The van der Waals surface area contributed by atoms with Gasteiger partial charge in [0, 0.05) is 7.11 Å². The van der Waals surface area contributed by atoms with Crippen LogP contribution < -0.4 is 5.19 Å². The van der Waals surface area contributed by atoms with Crippen molar-refractivity contribution >= 4 is 13.5 Å². The second-order valence-corrected chi connectivity index (χ2v) is 15.6. The molecule has 0 bridgehead atoms. The topological polar surface area (TPSA) is 75.6 Å². The minimum Gasteiger partial charge on any atom is -0.410 e. The van der Waals surface area contributed by atoms with Gasteiger partial charge in [0.2, 0.25) is 8.32 Å². The summed E-state index contributed by atoms with van der Waals surface area (Å²) < 4.78 is 38.5. The highest BCUT2D eigenvalue weighted by Crippen LogP contribution is 2.32. The van der Waals surface area contributed by atoms with E-state index >= 15 is 0 Å². The lowest BCUT2D eigenvalue weighted by atomic mass is 9.94. The first kappa shape index (κ1) is 33.2. The van der Waals surface area contributed by atoms with Crippen LogP contribution in [0.4, 0.5) is 0 Å². The highest BCUT2D eigenvalue weighted by Gasteiger charge is 2.51. The molecule has 238 valence electrons. The molecule has 7 nitrogen and oxygen atoms in total. The Morgan fingerprint density at radius 3 is 1.51 bits per heavy atom. The molecule has 1 fully saturated rings. The summed E-state index contributed by atoms with van der Waals surface area (Å²) in [5, 5.41) is 12.8. The molecule has 0 saturated carbocycles. The molecule has 0 aromatic heterocycles. The summed E-state index contributed by atoms with van der Waals surface area (Å²) in [4.78, 5) is 0. The van der Waals surface area contributed by atoms with Crippen LogP contribution in [0.2, 0.25) is 13.1 Å². The van der Waals surface area contributed by atoms with Gasteiger partial charge < -0.3 is 33.2 Å². The second kappa shape index (κ2) is 16.4. The number of ether oxygens (including phenoxy) is 5. The largest absolute Gasteiger partial charge is 0.410 e. The number of aliphatic hydroxyl groups excluding tert-OH is 1. The molecule has 0 aliphatic carbocycles. The first-order valence-electron chi connectivity index (χ1n) is 15.5. The van der Waals surface area contributed by atoms with Gasteiger partial charge in [-0.05, 0) is 35.0 Å². The van der Waals surface area contributed by atoms with E-state index in [-0.39, 0.29) is 6.61 Å². The molecule has 1 N–H and O–H groups in total. The van der Waals surface area contributed by atoms with Crippen molar-refractivity contribution < 1.29 is 33.2 Å². The number of methoxy groups -OCH3 is 1. The average molecular weight is 629 g/mol. The Balaban J connectivity index is 1.42. The number of aliphatic hydroxyl groups is 1. The molecule has 1 saturated heterocycles. The second-order valence-electron chi connectivity index (χ2n) is 11.7. The van der Waals surface area contributed by atoms with Gasteiger partial charge in [0.15, 0.2) is 6.29 Å². The van der Waals surface area contributed by atoms with Crippen LogP contribution >= 0.6 is 0 Å². The predicted molar refractivity (Wildman–Crippen MR) is 176 cm³/mol. The third-order valence-corrected chi connectivity index (χ3v) is 10.7. The summed E-state index contributed by atoms with van der Waals surface area (Å²) in [6, 6.07) is 40.0. The molecule has 8 heteroatoms. The molecule has 1 aliphatic rings. The zero-order chi connectivity index (χ0) is 31.5. The quantitative estimate of drug-likeness (QED) is 0.172. The average Bonchev–Trinajstić information content (AvgIpc) is 3.09. The molecule has 0 spiro atoms. The van der Waals surface area contributed by atoms with E-state index in [4.69, 9.17) is 28.1 Å². The lowest BCUT2D eigenvalue weighted by molar-refractivity contribution is -0.330. The van der Waals surface area contributed by atoms with Gasteiger partial charge in [0.05, 0.1) is 26.4 Å². The minimum absolute atomic E-state index is 0.0708. The Labute approximate surface area is 267 Å². The molecule has 6 atom stereocenters. The first-order chi connectivity index (χ1) is 21.9. The van der Waals surface area contributed by atoms with Crippen LogP contribution in [0.15, 0.2) is 121 Å². The van der Waals surface area contributed by atoms with E-state index in [0.717, 1.165) is 21.9 Å². The van der Waals surface area contributed by atoms with E-state index in [1.165, 1.54) is 0 Å². The van der Waals surface area contributed by atoms with Gasteiger partial charge in [0.25, 0.3) is 0 Å². The van der Waals surface area contributed by atoms with Gasteiger partial charge >= 0.3 is 0 Å². The van der Waals surface area contributed by atoms with Crippen LogP contribution in [0.25, 0.3) is 0 Å². The zero-order valence-electron chi connectivity index (χ0n) is 26.2. The molecular weight excluding hydrogens is 584 g/mol. The van der Waals surface area contributed by atoms with E-state index in [0.29, 0.717) is 19.8 Å². The van der Waals surface area contributed by atoms with Gasteiger partial charge in [-0.1, -0.05) is 121 Å². The van der Waals surface area contributed by atoms with Crippen molar-refractivity contribution in [3.05, 3.63) is 138 Å². The third kappa shape index (κ3) is 9.19. The van der Waals surface area contributed by atoms with E-state index in [1.807, 2.05) is 109 Å². The zero-order valence-corrected chi connectivity index (χ0v) is 27.2. The van der Waals surface area contributed by atoms with Gasteiger partial charge in [-0.15, -0.1) is 0 Å². The summed E-state index contributed by atoms with van der Waals surface area (Å²) in [7, 11) is -0.730. The number of hydrogen-bond acceptors (Lipinski definition) is 7. The molecule has 45 heavy (non-hydrogen) atoms. The van der Waals surface area contributed by atoms with E-state index in [9.17, 15) is 5.11 Å². The summed E-state index contributed by atoms with van der Waals surface area (Å²) in [5.74, 6) is 0. The molecular formula is C37H44O7Si. The Kier molecular flexibility index (Phi) is 12.1. The lowest BCUT2D eigenvalue weighted by Gasteiger charge is -2.47. The van der Waals surface area contributed by atoms with Gasteiger partial charge in [0.1, 0.15) is 30.5 Å². The Hall–Kier alpha value is -3.18. The fraction of sp³-hybridized carbons (Fsp3) is 0.351. The van der Waals surface area contributed by atoms with Crippen molar-refractivity contribution in [2.24, 2.45) is 0 Å². The monoisotopic (exact) mass is 628 g/mol. The van der Waals surface area contributed by atoms with Crippen LogP contribution in [0.1, 0.15) is 16.7 Å². The van der Waals surface area contributed by atoms with Gasteiger partial charge in [-0.2, -0.15) is 0 Å². The van der Waals surface area contributed by atoms with Crippen LogP contribution in [0.5, 0.6) is 0 Å². The molecule has 0 unspecified atom stereocenters. The maximum atomic E-state index is 11.7. The van der Waals surface area contributed by atoms with Crippen molar-refractivity contribution in [2.75, 3.05) is 13.7 Å². The van der Waals surface area contributed by atoms with E-state index < -0.39 is 45.1 Å². The smallest absolute Gasteiger partial charge is 0.218 e. The number of rotatable bonds is 15. The van der Waals surface area contributed by atoms with Gasteiger partial charge in [-0.25, -0.2) is 0 Å². The Morgan fingerprint density at radius 2 is 1.04 bits per heavy atom. The summed E-state index contributed by atoms with van der Waals surface area (Å²) in [6.07, 6.45) is -4.60. The number of benzene rings is 4. The fourth-order valence-electron chi connectivity index (χ4n) is 5.50. The van der Waals surface area contributed by atoms with Gasteiger partial charge in [-0.3, -0.25) is 0 Å². The third-order valence-electron chi connectivity index (χ3n) is 8.08. The molecule has 0 amide bonds. The standard InChI is InChI=1S/C37H44O7Si/c1-39-37-36(42-26-30-20-12-6-13-21-30)35(41-25-29-18-10-5-11-19-29)34(40-24-28-16-8-4-9-17-28)33(44-37)32(38)27-43-45(2,3)31-22-14-7-15-23-31/h4-23,32-38H,24-27H2,1-3H3/t32-,33+,34-,35-,36+,37-/m0/s1. The van der Waals surface area contributed by atoms with E-state index in [2.05, 4.69) is 25.2 Å². The first-order valence-corrected chi connectivity index (χ1v) is 18.4. The summed E-state index contributed by atoms with van der Waals surface area (Å²) >= 11 is 0. The molecule has 0 radical (unpaired) electrons. The lowest BCUT2D eigenvalue weighted by Crippen LogP contribution is -2.64. The highest BCUT2D eigenvalue weighted by molar-refractivity contribution is 6.84. The minimum atomic E-state index is -2.31.